The third-order valence-corrected chi connectivity index (χ3v) is 20.3. The molecule has 1 aromatic heterocycles. The molecule has 60 heavy (non-hydrogen) atoms. The third-order valence-electron chi connectivity index (χ3n) is 12.7. The molecular formula is C45H55ClF2N4O6SSi. The molecule has 2 bridgehead atoms. The molecule has 3 aliphatic rings. The monoisotopic (exact) mass is 880 g/mol. The van der Waals surface area contributed by atoms with Gasteiger partial charge in [-0.3, -0.25) is 4.90 Å². The Morgan fingerprint density at radius 1 is 1.00 bits per heavy atom. The van der Waals surface area contributed by atoms with Gasteiger partial charge in [-0.2, -0.15) is 0 Å². The highest BCUT2D eigenvalue weighted by atomic mass is 35.5. The number of fused-ring (bicyclic) bond motifs is 6. The second-order valence-electron chi connectivity index (χ2n) is 18.4. The van der Waals surface area contributed by atoms with Gasteiger partial charge in [0, 0.05) is 30.9 Å². The maximum absolute atomic E-state index is 17.9. The molecule has 322 valence electrons. The fraction of sp³-hybridized carbons (Fsp3) is 0.533. The van der Waals surface area contributed by atoms with E-state index in [4.69, 9.17) is 25.8 Å². The van der Waals surface area contributed by atoms with Crippen LogP contribution in [0.15, 0.2) is 29.4 Å². The first kappa shape index (κ1) is 44.0. The van der Waals surface area contributed by atoms with Crippen molar-refractivity contribution in [3.8, 4) is 28.3 Å². The topological polar surface area (TPSA) is 111 Å². The lowest BCUT2D eigenvalue weighted by Gasteiger charge is -2.47. The Kier molecular flexibility index (Phi) is 11.8. The van der Waals surface area contributed by atoms with Crippen LogP contribution in [-0.2, 0) is 25.7 Å². The number of aromatic nitrogens is 2. The van der Waals surface area contributed by atoms with Gasteiger partial charge in [-0.25, -0.2) is 32.0 Å². The number of carbonyl (C=O) groups excluding carboxylic acids is 1. The molecular weight excluding hydrogens is 826 g/mol. The number of methoxy groups -OCH3 is 1. The predicted octanol–water partition coefficient (Wildman–Crippen LogP) is 10.2. The van der Waals surface area contributed by atoms with Crippen molar-refractivity contribution in [3.05, 3.63) is 52.0 Å². The van der Waals surface area contributed by atoms with E-state index in [1.54, 1.807) is 18.2 Å². The summed E-state index contributed by atoms with van der Waals surface area (Å²) < 4.78 is 78.0. The lowest BCUT2D eigenvalue weighted by atomic mass is 9.90. The van der Waals surface area contributed by atoms with Gasteiger partial charge in [0.25, 0.3) is 0 Å². The summed E-state index contributed by atoms with van der Waals surface area (Å²) in [5, 5.41) is 0.711. The molecule has 4 heterocycles. The van der Waals surface area contributed by atoms with Crippen LogP contribution in [0.3, 0.4) is 0 Å². The first-order valence-corrected chi connectivity index (χ1v) is 25.2. The van der Waals surface area contributed by atoms with E-state index in [0.717, 1.165) is 12.7 Å². The zero-order chi connectivity index (χ0) is 43.8. The standard InChI is InChI=1S/C45H55ClF2N4O6SSi/c1-24(2)60(25(3)4,26(5)6)19-18-30-33(47)15-12-27-20-29(57-23-56-10)21-32(36(27)30)37-39(46)31-14-17-34-35-16-13-28(52(35)44(53)58-45(7,8)9)22-51(34)42-38(31)41(40(37)48)49-43(50-42)59(11,54)55/h12,15,20-21,24-26,28,34-35H,13-14,16-17,22-23H2,1-11H3/t28-,34-,35+/m1/s1. The third kappa shape index (κ3) is 7.51. The summed E-state index contributed by atoms with van der Waals surface area (Å²) in [6, 6.07) is 5.46. The highest BCUT2D eigenvalue weighted by Gasteiger charge is 2.51. The number of benzene rings is 3. The van der Waals surface area contributed by atoms with Crippen molar-refractivity contribution in [2.45, 2.75) is 134 Å². The van der Waals surface area contributed by atoms with Crippen molar-refractivity contribution in [1.29, 1.82) is 0 Å². The van der Waals surface area contributed by atoms with E-state index in [2.05, 4.69) is 63.0 Å². The van der Waals surface area contributed by atoms with Gasteiger partial charge >= 0.3 is 6.09 Å². The highest BCUT2D eigenvalue weighted by molar-refractivity contribution is 7.90. The first-order chi connectivity index (χ1) is 28.1. The number of ether oxygens (including phenoxy) is 3. The van der Waals surface area contributed by atoms with E-state index in [9.17, 15) is 13.2 Å². The molecule has 0 saturated carbocycles. The molecule has 2 fully saturated rings. The van der Waals surface area contributed by atoms with Gasteiger partial charge in [0.1, 0.15) is 36.6 Å². The Hall–Kier alpha value is -4.03. The molecule has 2 saturated heterocycles. The average Bonchev–Trinajstić information content (AvgIpc) is 3.38. The number of carbonyl (C=O) groups is 1. The van der Waals surface area contributed by atoms with E-state index in [1.807, 2.05) is 30.6 Å². The van der Waals surface area contributed by atoms with Crippen molar-refractivity contribution < 1.29 is 36.2 Å². The minimum Gasteiger partial charge on any atom is -0.468 e. The number of halogens is 3. The Morgan fingerprint density at radius 2 is 1.68 bits per heavy atom. The molecule has 3 atom stereocenters. The lowest BCUT2D eigenvalue weighted by molar-refractivity contribution is 0.00721. The number of aryl methyl sites for hydroxylation is 1. The number of sulfone groups is 1. The molecule has 0 unspecified atom stereocenters. The number of amides is 1. The van der Waals surface area contributed by atoms with Gasteiger partial charge in [-0.15, -0.1) is 5.54 Å². The van der Waals surface area contributed by atoms with Gasteiger partial charge < -0.3 is 19.1 Å². The van der Waals surface area contributed by atoms with Crippen molar-refractivity contribution in [2.24, 2.45) is 0 Å². The fourth-order valence-corrected chi connectivity index (χ4v) is 16.3. The summed E-state index contributed by atoms with van der Waals surface area (Å²) in [6.45, 7) is 18.8. The SMILES string of the molecule is COCOc1cc(-c2c(Cl)c3c4c(nc(S(C)(=O)=O)nc4c2F)N2C[C@H]4CC[C@@H]([C@H]2CC3)N4C(=O)OC(C)(C)C)c2c(C#C[Si](C(C)C)(C(C)C)C(C)C)c(F)ccc2c1. The predicted molar refractivity (Wildman–Crippen MR) is 235 cm³/mol. The number of rotatable bonds is 8. The first-order valence-electron chi connectivity index (χ1n) is 20.7. The lowest BCUT2D eigenvalue weighted by Crippen LogP contribution is -2.62. The Labute approximate surface area is 358 Å². The summed E-state index contributed by atoms with van der Waals surface area (Å²) in [6.07, 6.45) is 2.81. The maximum atomic E-state index is 17.9. The molecule has 10 nitrogen and oxygen atoms in total. The minimum absolute atomic E-state index is 0.0644. The second kappa shape index (κ2) is 16.0. The van der Waals surface area contributed by atoms with Crippen LogP contribution in [0.1, 0.15) is 92.7 Å². The van der Waals surface area contributed by atoms with Crippen LogP contribution in [-0.4, -0.2) is 87.9 Å². The zero-order valence-corrected chi connectivity index (χ0v) is 38.9. The van der Waals surface area contributed by atoms with Crippen LogP contribution in [0.4, 0.5) is 19.4 Å². The number of nitrogens with zero attached hydrogens (tertiary/aromatic N) is 4. The Balaban J connectivity index is 1.52. The van der Waals surface area contributed by atoms with Gasteiger partial charge in [-0.05, 0) is 97.8 Å². The molecule has 3 aromatic carbocycles. The number of piperazine rings is 1. The molecule has 3 aliphatic heterocycles. The van der Waals surface area contributed by atoms with Crippen LogP contribution in [0, 0.1) is 23.1 Å². The summed E-state index contributed by atoms with van der Waals surface area (Å²) in [4.78, 5) is 26.5. The van der Waals surface area contributed by atoms with Crippen molar-refractivity contribution >= 4 is 63.1 Å². The molecule has 4 aromatic rings. The van der Waals surface area contributed by atoms with E-state index >= 15 is 8.78 Å². The van der Waals surface area contributed by atoms with Crippen LogP contribution >= 0.6 is 11.6 Å². The largest absolute Gasteiger partial charge is 0.468 e. The summed E-state index contributed by atoms with van der Waals surface area (Å²) >= 11 is 7.48. The highest BCUT2D eigenvalue weighted by Crippen LogP contribution is 2.50. The van der Waals surface area contributed by atoms with Crippen LogP contribution in [0.2, 0.25) is 21.6 Å². The van der Waals surface area contributed by atoms with Gasteiger partial charge in [-0.1, -0.05) is 65.1 Å². The van der Waals surface area contributed by atoms with Gasteiger partial charge in [0.15, 0.2) is 12.6 Å². The normalized spacial score (nSPS) is 19.2. The molecule has 15 heteroatoms. The summed E-state index contributed by atoms with van der Waals surface area (Å²) in [5.41, 5.74) is 4.30. The van der Waals surface area contributed by atoms with Crippen LogP contribution < -0.4 is 9.64 Å². The fourth-order valence-electron chi connectivity index (χ4n) is 10.3. The Morgan fingerprint density at radius 3 is 2.30 bits per heavy atom. The van der Waals surface area contributed by atoms with E-state index in [0.29, 0.717) is 53.3 Å². The minimum atomic E-state index is -4.06. The molecule has 7 rings (SSSR count). The molecule has 0 aliphatic carbocycles. The molecule has 0 spiro atoms. The van der Waals surface area contributed by atoms with Crippen molar-refractivity contribution in [3.63, 3.8) is 0 Å². The number of hydrogen-bond acceptors (Lipinski definition) is 9. The van der Waals surface area contributed by atoms with Crippen molar-refractivity contribution in [1.82, 2.24) is 14.9 Å². The summed E-state index contributed by atoms with van der Waals surface area (Å²) in [5.74, 6) is 2.42. The molecule has 0 radical (unpaired) electrons. The van der Waals surface area contributed by atoms with E-state index < -0.39 is 46.4 Å². The van der Waals surface area contributed by atoms with Crippen LogP contribution in [0.5, 0.6) is 5.75 Å². The number of hydrogen-bond donors (Lipinski definition) is 0. The van der Waals surface area contributed by atoms with Gasteiger partial charge in [0.05, 0.1) is 34.1 Å². The maximum Gasteiger partial charge on any atom is 0.410 e. The molecule has 1 amide bonds. The van der Waals surface area contributed by atoms with Crippen molar-refractivity contribution in [2.75, 3.05) is 31.6 Å². The molecule has 0 N–H and O–H groups in total. The summed E-state index contributed by atoms with van der Waals surface area (Å²) in [7, 11) is -4.95. The van der Waals surface area contributed by atoms with Gasteiger partial charge in [0.2, 0.25) is 15.0 Å². The smallest absolute Gasteiger partial charge is 0.410 e. The zero-order valence-electron chi connectivity index (χ0n) is 36.3. The van der Waals surface area contributed by atoms with E-state index in [-0.39, 0.29) is 74.6 Å². The second-order valence-corrected chi connectivity index (χ2v) is 26.3. The average molecular weight is 882 g/mol. The van der Waals surface area contributed by atoms with Crippen LogP contribution in [0.25, 0.3) is 32.8 Å². The Bertz CT molecular complexity index is 2550. The number of anilines is 1. The van der Waals surface area contributed by atoms with E-state index in [1.165, 1.54) is 13.2 Å². The quantitative estimate of drug-likeness (QED) is 0.0739.